The van der Waals surface area contributed by atoms with Gasteiger partial charge < -0.3 is 8.98 Å². The van der Waals surface area contributed by atoms with Crippen molar-refractivity contribution in [2.75, 3.05) is 0 Å². The van der Waals surface area contributed by atoms with Crippen LogP contribution in [0.5, 0.6) is 0 Å². The molecule has 0 atom stereocenters. The van der Waals surface area contributed by atoms with E-state index >= 15 is 0 Å². The lowest BCUT2D eigenvalue weighted by Crippen LogP contribution is -2.53. The summed E-state index contributed by atoms with van der Waals surface area (Å²) in [6.07, 6.45) is 3.01. The second-order valence-corrected chi connectivity index (χ2v) is 7.69. The van der Waals surface area contributed by atoms with Gasteiger partial charge in [-0.2, -0.15) is 0 Å². The van der Waals surface area contributed by atoms with Crippen LogP contribution in [0.3, 0.4) is 0 Å². The van der Waals surface area contributed by atoms with E-state index in [1.807, 2.05) is 26.0 Å². The third kappa shape index (κ3) is 3.59. The molecule has 1 N–H and O–H groups in total. The molecule has 1 aliphatic heterocycles. The molecule has 1 aliphatic rings. The zero-order chi connectivity index (χ0) is 22.3. The number of hydrogen-bond donors (Lipinski definition) is 1. The normalized spacial score (nSPS) is 15.7. The summed E-state index contributed by atoms with van der Waals surface area (Å²) >= 11 is 0. The van der Waals surface area contributed by atoms with Gasteiger partial charge in [0.2, 0.25) is 0 Å². The molecule has 3 heterocycles. The van der Waals surface area contributed by atoms with Gasteiger partial charge in [0.25, 0.3) is 11.8 Å². The summed E-state index contributed by atoms with van der Waals surface area (Å²) in [5, 5.41) is 2.24. The molecule has 7 heteroatoms. The highest BCUT2D eigenvalue weighted by atomic mass is 16.3. The topological polar surface area (TPSA) is 84.6 Å². The Balaban J connectivity index is 1.75. The molecule has 0 radical (unpaired) electrons. The van der Waals surface area contributed by atoms with E-state index in [-0.39, 0.29) is 12.1 Å². The van der Waals surface area contributed by atoms with E-state index in [0.29, 0.717) is 5.76 Å². The first-order chi connectivity index (χ1) is 14.8. The number of barbiturate groups is 1. The molecular formula is C24H23N3O4. The Morgan fingerprint density at radius 3 is 2.35 bits per heavy atom. The summed E-state index contributed by atoms with van der Waals surface area (Å²) in [4.78, 5) is 38.7. The quantitative estimate of drug-likeness (QED) is 0.514. The van der Waals surface area contributed by atoms with Crippen LogP contribution in [-0.4, -0.2) is 27.3 Å². The van der Waals surface area contributed by atoms with Crippen molar-refractivity contribution in [3.63, 3.8) is 0 Å². The zero-order valence-electron chi connectivity index (χ0n) is 17.9. The number of nitrogens with zero attached hydrogens (tertiary/aromatic N) is 2. The number of carbonyl (C=O) groups excluding carboxylic acids is 3. The fourth-order valence-corrected chi connectivity index (χ4v) is 3.99. The molecule has 1 fully saturated rings. The number of aryl methyl sites for hydroxylation is 3. The van der Waals surface area contributed by atoms with Crippen molar-refractivity contribution in [1.82, 2.24) is 14.8 Å². The van der Waals surface area contributed by atoms with E-state index in [1.165, 1.54) is 6.26 Å². The SMILES string of the molecule is Cc1cccc(C)c1-n1c(C)cc(/C=C2\C(=O)NC(=O)N(Cc3ccco3)C2=O)c1C. The smallest absolute Gasteiger partial charge is 0.331 e. The summed E-state index contributed by atoms with van der Waals surface area (Å²) in [6, 6.07) is 10.6. The van der Waals surface area contributed by atoms with Gasteiger partial charge in [-0.1, -0.05) is 18.2 Å². The minimum absolute atomic E-state index is 0.0519. The number of benzene rings is 1. The predicted molar refractivity (Wildman–Crippen MR) is 115 cm³/mol. The first-order valence-electron chi connectivity index (χ1n) is 9.94. The molecule has 4 amide bonds. The highest BCUT2D eigenvalue weighted by Crippen LogP contribution is 2.28. The predicted octanol–water partition coefficient (Wildman–Crippen LogP) is 3.97. The minimum Gasteiger partial charge on any atom is -0.467 e. The minimum atomic E-state index is -0.760. The maximum atomic E-state index is 13.0. The van der Waals surface area contributed by atoms with Gasteiger partial charge in [0.1, 0.15) is 11.3 Å². The highest BCUT2D eigenvalue weighted by Gasteiger charge is 2.36. The summed E-state index contributed by atoms with van der Waals surface area (Å²) < 4.78 is 7.36. The lowest BCUT2D eigenvalue weighted by molar-refractivity contribution is -0.130. The van der Waals surface area contributed by atoms with Gasteiger partial charge in [-0.15, -0.1) is 0 Å². The number of nitrogens with one attached hydrogen (secondary N) is 1. The van der Waals surface area contributed by atoms with Crippen molar-refractivity contribution >= 4 is 23.9 Å². The number of amides is 4. The van der Waals surface area contributed by atoms with Gasteiger partial charge in [0.15, 0.2) is 0 Å². The Kier molecular flexibility index (Phi) is 5.10. The third-order valence-corrected chi connectivity index (χ3v) is 5.51. The lowest BCUT2D eigenvalue weighted by Gasteiger charge is -2.25. The summed E-state index contributed by atoms with van der Waals surface area (Å²) in [5.74, 6) is -0.907. The molecule has 0 aliphatic carbocycles. The van der Waals surface area contributed by atoms with Gasteiger partial charge in [-0.3, -0.25) is 19.8 Å². The number of urea groups is 1. The second-order valence-electron chi connectivity index (χ2n) is 7.69. The molecule has 1 aromatic carbocycles. The fraction of sp³-hybridized carbons (Fsp3) is 0.208. The van der Waals surface area contributed by atoms with Crippen LogP contribution in [0, 0.1) is 27.7 Å². The van der Waals surface area contributed by atoms with Crippen LogP contribution in [0.15, 0.2) is 52.7 Å². The number of furan rings is 1. The Labute approximate surface area is 180 Å². The standard InChI is InChI=1S/C24H23N3O4/c1-14-7-5-8-15(2)21(14)27-16(3)11-18(17(27)4)12-20-22(28)25-24(30)26(23(20)29)13-19-9-6-10-31-19/h5-12H,13H2,1-4H3,(H,25,28,30)/b20-12+. The van der Waals surface area contributed by atoms with Crippen molar-refractivity contribution in [3.8, 4) is 5.69 Å². The molecule has 31 heavy (non-hydrogen) atoms. The largest absolute Gasteiger partial charge is 0.467 e. The first kappa shape index (κ1) is 20.4. The molecular weight excluding hydrogens is 394 g/mol. The van der Waals surface area contributed by atoms with Crippen LogP contribution in [0.4, 0.5) is 4.79 Å². The van der Waals surface area contributed by atoms with Gasteiger partial charge >= 0.3 is 6.03 Å². The van der Waals surface area contributed by atoms with Crippen molar-refractivity contribution in [3.05, 3.63) is 82.1 Å². The molecule has 7 nitrogen and oxygen atoms in total. The molecule has 158 valence electrons. The van der Waals surface area contributed by atoms with E-state index in [4.69, 9.17) is 4.42 Å². The van der Waals surface area contributed by atoms with Crippen LogP contribution in [0.2, 0.25) is 0 Å². The lowest BCUT2D eigenvalue weighted by atomic mass is 10.1. The average Bonchev–Trinajstić information content (AvgIpc) is 3.31. The van der Waals surface area contributed by atoms with Crippen LogP contribution in [0.25, 0.3) is 11.8 Å². The number of imide groups is 2. The van der Waals surface area contributed by atoms with Crippen LogP contribution >= 0.6 is 0 Å². The van der Waals surface area contributed by atoms with Gasteiger partial charge in [0.05, 0.1) is 18.5 Å². The van der Waals surface area contributed by atoms with Crippen LogP contribution in [0.1, 0.15) is 33.8 Å². The maximum Gasteiger partial charge on any atom is 0.331 e. The Morgan fingerprint density at radius 2 is 1.71 bits per heavy atom. The molecule has 0 spiro atoms. The van der Waals surface area contributed by atoms with Gasteiger partial charge in [0, 0.05) is 11.4 Å². The van der Waals surface area contributed by atoms with Gasteiger partial charge in [-0.05, 0) is 68.7 Å². The molecule has 4 rings (SSSR count). The molecule has 3 aromatic rings. The van der Waals surface area contributed by atoms with E-state index in [0.717, 1.165) is 38.7 Å². The molecule has 0 bridgehead atoms. The van der Waals surface area contributed by atoms with Crippen LogP contribution < -0.4 is 5.32 Å². The van der Waals surface area contributed by atoms with E-state index in [1.54, 1.807) is 18.2 Å². The molecule has 1 saturated heterocycles. The number of carbonyl (C=O) groups is 3. The molecule has 2 aromatic heterocycles. The second kappa shape index (κ2) is 7.75. The number of aromatic nitrogens is 1. The van der Waals surface area contributed by atoms with Crippen LogP contribution in [-0.2, 0) is 16.1 Å². The van der Waals surface area contributed by atoms with Crippen molar-refractivity contribution in [2.24, 2.45) is 0 Å². The van der Waals surface area contributed by atoms with Crippen molar-refractivity contribution in [1.29, 1.82) is 0 Å². The summed E-state index contributed by atoms with van der Waals surface area (Å²) in [6.45, 7) is 7.98. The Bertz CT molecular complexity index is 1210. The highest BCUT2D eigenvalue weighted by molar-refractivity contribution is 6.31. The Morgan fingerprint density at radius 1 is 1.00 bits per heavy atom. The van der Waals surface area contributed by atoms with E-state index in [2.05, 4.69) is 35.9 Å². The summed E-state index contributed by atoms with van der Waals surface area (Å²) in [5.41, 5.74) is 5.87. The molecule has 0 unspecified atom stereocenters. The summed E-state index contributed by atoms with van der Waals surface area (Å²) in [7, 11) is 0. The van der Waals surface area contributed by atoms with Crippen molar-refractivity contribution < 1.29 is 18.8 Å². The zero-order valence-corrected chi connectivity index (χ0v) is 17.9. The fourth-order valence-electron chi connectivity index (χ4n) is 3.99. The maximum absolute atomic E-state index is 13.0. The van der Waals surface area contributed by atoms with Gasteiger partial charge in [-0.25, -0.2) is 4.79 Å². The molecule has 0 saturated carbocycles. The first-order valence-corrected chi connectivity index (χ1v) is 9.94. The Hall–Kier alpha value is -3.87. The number of para-hydroxylation sites is 1. The average molecular weight is 417 g/mol. The monoisotopic (exact) mass is 417 g/mol. The third-order valence-electron chi connectivity index (χ3n) is 5.51. The van der Waals surface area contributed by atoms with E-state index < -0.39 is 17.8 Å². The number of hydrogen-bond acceptors (Lipinski definition) is 4. The number of rotatable bonds is 4. The van der Waals surface area contributed by atoms with Crippen molar-refractivity contribution in [2.45, 2.75) is 34.2 Å². The van der Waals surface area contributed by atoms with E-state index in [9.17, 15) is 14.4 Å².